The number of nitrogens with zero attached hydrogens (tertiary/aromatic N) is 1. The number of hydrogen-bond donors (Lipinski definition) is 0. The minimum absolute atomic E-state index is 0.527. The second-order valence-electron chi connectivity index (χ2n) is 5.58. The monoisotopic (exact) mass is 355 g/mol. The Morgan fingerprint density at radius 1 is 1.09 bits per heavy atom. The van der Waals surface area contributed by atoms with Crippen LogP contribution in [-0.4, -0.2) is 31.5 Å². The van der Waals surface area contributed by atoms with Crippen LogP contribution in [0.15, 0.2) is 29.2 Å². The van der Waals surface area contributed by atoms with Gasteiger partial charge in [0.05, 0.1) is 4.90 Å². The summed E-state index contributed by atoms with van der Waals surface area (Å²) in [7, 11) is -4.85. The number of hydroxylamine groups is 2. The van der Waals surface area contributed by atoms with Gasteiger partial charge in [-0.25, -0.2) is 4.79 Å². The lowest BCUT2D eigenvalue weighted by Crippen LogP contribution is -2.46. The van der Waals surface area contributed by atoms with E-state index in [0.717, 1.165) is 12.1 Å². The van der Waals surface area contributed by atoms with Gasteiger partial charge in [0, 0.05) is 0 Å². The maximum absolute atomic E-state index is 12.9. The molecule has 0 saturated carbocycles. The van der Waals surface area contributed by atoms with E-state index in [2.05, 4.69) is 9.02 Å². The Kier molecular flexibility index (Phi) is 5.32. The van der Waals surface area contributed by atoms with E-state index in [1.807, 2.05) is 0 Å². The van der Waals surface area contributed by atoms with Crippen molar-refractivity contribution in [2.45, 2.75) is 44.5 Å². The molecular weight excluding hydrogens is 339 g/mol. The number of benzene rings is 1. The topological polar surface area (TPSA) is 72.9 Å². The van der Waals surface area contributed by atoms with Crippen LogP contribution in [0.25, 0.3) is 0 Å². The van der Waals surface area contributed by atoms with E-state index < -0.39 is 38.1 Å². The molecule has 0 spiro atoms. The SMILES string of the molecule is Cc1ccc(S(=O)(=O)ON(C(=O)OC(C)(C)C)C(F)(F)F)cc1. The van der Waals surface area contributed by atoms with Crippen LogP contribution in [-0.2, 0) is 19.1 Å². The highest BCUT2D eigenvalue weighted by molar-refractivity contribution is 7.86. The Bertz CT molecular complexity index is 662. The van der Waals surface area contributed by atoms with Crippen molar-refractivity contribution in [3.05, 3.63) is 29.8 Å². The Morgan fingerprint density at radius 3 is 1.96 bits per heavy atom. The predicted molar refractivity (Wildman–Crippen MR) is 73.6 cm³/mol. The van der Waals surface area contributed by atoms with Crippen LogP contribution in [0.5, 0.6) is 0 Å². The molecule has 0 atom stereocenters. The molecule has 1 amide bonds. The number of hydrogen-bond acceptors (Lipinski definition) is 5. The summed E-state index contributed by atoms with van der Waals surface area (Å²) >= 11 is 0. The fourth-order valence-electron chi connectivity index (χ4n) is 1.33. The Labute approximate surface area is 131 Å². The molecule has 1 aromatic rings. The zero-order chi connectivity index (χ0) is 18.1. The van der Waals surface area contributed by atoms with E-state index in [1.54, 1.807) is 6.92 Å². The smallest absolute Gasteiger partial charge is 0.442 e. The molecule has 0 heterocycles. The van der Waals surface area contributed by atoms with E-state index in [0.29, 0.717) is 5.56 Å². The molecule has 0 radical (unpaired) electrons. The van der Waals surface area contributed by atoms with Crippen molar-refractivity contribution in [1.82, 2.24) is 5.06 Å². The standard InChI is InChI=1S/C13H16F3NO5S/c1-9-5-7-10(8-6-9)23(19,20)22-17(13(14,15)16)11(18)21-12(2,3)4/h5-8H,1-4H3. The highest BCUT2D eigenvalue weighted by atomic mass is 32.2. The molecule has 0 N–H and O–H groups in total. The van der Waals surface area contributed by atoms with Crippen LogP contribution < -0.4 is 0 Å². The molecule has 0 unspecified atom stereocenters. The first-order valence-electron chi connectivity index (χ1n) is 6.33. The second kappa shape index (κ2) is 6.36. The van der Waals surface area contributed by atoms with Crippen LogP contribution >= 0.6 is 0 Å². The van der Waals surface area contributed by atoms with E-state index in [-0.39, 0.29) is 0 Å². The third-order valence-corrected chi connectivity index (χ3v) is 3.47. The van der Waals surface area contributed by atoms with E-state index in [4.69, 9.17) is 0 Å². The van der Waals surface area contributed by atoms with Gasteiger partial charge in [-0.3, -0.25) is 0 Å². The Hall–Kier alpha value is -1.81. The molecule has 0 aromatic heterocycles. The average molecular weight is 355 g/mol. The van der Waals surface area contributed by atoms with E-state index in [9.17, 15) is 26.4 Å². The number of ether oxygens (including phenoxy) is 1. The largest absolute Gasteiger partial charge is 0.514 e. The van der Waals surface area contributed by atoms with Crippen molar-refractivity contribution in [2.75, 3.05) is 0 Å². The summed E-state index contributed by atoms with van der Waals surface area (Å²) in [5.74, 6) is 0. The molecule has 130 valence electrons. The van der Waals surface area contributed by atoms with Gasteiger partial charge >= 0.3 is 22.5 Å². The van der Waals surface area contributed by atoms with Gasteiger partial charge in [0.1, 0.15) is 5.60 Å². The average Bonchev–Trinajstić information content (AvgIpc) is 2.33. The van der Waals surface area contributed by atoms with Crippen LogP contribution in [0.3, 0.4) is 0 Å². The zero-order valence-corrected chi connectivity index (χ0v) is 13.7. The number of halogens is 3. The highest BCUT2D eigenvalue weighted by Crippen LogP contribution is 2.27. The third kappa shape index (κ3) is 5.71. The molecule has 0 aliphatic carbocycles. The van der Waals surface area contributed by atoms with Crippen molar-refractivity contribution in [2.24, 2.45) is 0 Å². The minimum atomic E-state index is -5.40. The first-order chi connectivity index (χ1) is 10.2. The summed E-state index contributed by atoms with van der Waals surface area (Å²) in [5.41, 5.74) is -0.568. The van der Waals surface area contributed by atoms with Crippen LogP contribution in [0.2, 0.25) is 0 Å². The first-order valence-corrected chi connectivity index (χ1v) is 7.74. The Morgan fingerprint density at radius 2 is 1.57 bits per heavy atom. The van der Waals surface area contributed by atoms with Crippen molar-refractivity contribution < 1.29 is 35.4 Å². The van der Waals surface area contributed by atoms with Gasteiger partial charge in [-0.2, -0.15) is 8.42 Å². The van der Waals surface area contributed by atoms with Crippen molar-refractivity contribution in [3.63, 3.8) is 0 Å². The number of aryl methyl sites for hydroxylation is 1. The van der Waals surface area contributed by atoms with Gasteiger partial charge < -0.3 is 4.74 Å². The Balaban J connectivity index is 3.11. The van der Waals surface area contributed by atoms with Crippen molar-refractivity contribution >= 4 is 16.2 Å². The first kappa shape index (κ1) is 19.2. The van der Waals surface area contributed by atoms with Gasteiger partial charge in [0.15, 0.2) is 0 Å². The molecule has 1 aromatic carbocycles. The fraction of sp³-hybridized carbons (Fsp3) is 0.462. The molecule has 0 fully saturated rings. The lowest BCUT2D eigenvalue weighted by molar-refractivity contribution is -0.314. The zero-order valence-electron chi connectivity index (χ0n) is 12.8. The second-order valence-corrected chi connectivity index (χ2v) is 7.11. The summed E-state index contributed by atoms with van der Waals surface area (Å²) in [6, 6.07) is 4.88. The molecule has 6 nitrogen and oxygen atoms in total. The molecular formula is C13H16F3NO5S. The van der Waals surface area contributed by atoms with Crippen molar-refractivity contribution in [1.29, 1.82) is 0 Å². The summed E-state index contributed by atoms with van der Waals surface area (Å²) in [5, 5.41) is -1.26. The van der Waals surface area contributed by atoms with Crippen molar-refractivity contribution in [3.8, 4) is 0 Å². The maximum Gasteiger partial charge on any atom is 0.514 e. The summed E-state index contributed by atoms with van der Waals surface area (Å²) in [6.45, 7) is 5.65. The molecule has 23 heavy (non-hydrogen) atoms. The summed E-state index contributed by atoms with van der Waals surface area (Å²) in [4.78, 5) is 11.0. The molecule has 10 heteroatoms. The number of carbonyl (C=O) groups is 1. The molecule has 0 saturated heterocycles. The summed E-state index contributed by atoms with van der Waals surface area (Å²) < 4.78 is 70.9. The number of alkyl halides is 3. The molecule has 0 bridgehead atoms. The van der Waals surface area contributed by atoms with E-state index in [1.165, 1.54) is 32.9 Å². The van der Waals surface area contributed by atoms with Crippen LogP contribution in [0, 0.1) is 6.92 Å². The lowest BCUT2D eigenvalue weighted by Gasteiger charge is -2.26. The van der Waals surface area contributed by atoms with Gasteiger partial charge in [-0.1, -0.05) is 22.8 Å². The maximum atomic E-state index is 12.9. The van der Waals surface area contributed by atoms with Gasteiger partial charge in [-0.15, -0.1) is 17.5 Å². The predicted octanol–water partition coefficient (Wildman–Crippen LogP) is 3.37. The van der Waals surface area contributed by atoms with Gasteiger partial charge in [0.25, 0.3) is 0 Å². The fourth-order valence-corrected chi connectivity index (χ4v) is 2.22. The normalized spacial score (nSPS) is 12.8. The third-order valence-electron chi connectivity index (χ3n) is 2.27. The quantitative estimate of drug-likeness (QED) is 0.614. The molecule has 1 rings (SSSR count). The lowest BCUT2D eigenvalue weighted by atomic mass is 10.2. The van der Waals surface area contributed by atoms with Gasteiger partial charge in [-0.05, 0) is 39.8 Å². The number of amides is 1. The number of rotatable bonds is 3. The summed E-state index contributed by atoms with van der Waals surface area (Å²) in [6.07, 6.45) is -7.39. The van der Waals surface area contributed by atoms with Gasteiger partial charge in [0.2, 0.25) is 0 Å². The van der Waals surface area contributed by atoms with Crippen LogP contribution in [0.1, 0.15) is 26.3 Å². The minimum Gasteiger partial charge on any atom is -0.442 e. The van der Waals surface area contributed by atoms with E-state index >= 15 is 0 Å². The molecule has 0 aliphatic heterocycles. The van der Waals surface area contributed by atoms with Crippen LogP contribution in [0.4, 0.5) is 18.0 Å². The molecule has 0 aliphatic rings. The number of carbonyl (C=O) groups excluding carboxylic acids is 1. The highest BCUT2D eigenvalue weighted by Gasteiger charge is 2.48.